The maximum atomic E-state index is 11.6. The van der Waals surface area contributed by atoms with Crippen LogP contribution in [-0.4, -0.2) is 29.2 Å². The van der Waals surface area contributed by atoms with E-state index in [1.165, 1.54) is 12.1 Å². The number of hydrogen-bond acceptors (Lipinski definition) is 5. The predicted octanol–water partition coefficient (Wildman–Crippen LogP) is 0.884. The quantitative estimate of drug-likeness (QED) is 0.773. The third-order valence-electron chi connectivity index (χ3n) is 2.30. The average molecular weight is 322 g/mol. The highest BCUT2D eigenvalue weighted by Crippen LogP contribution is 2.27. The molecular formula is C11H18N2O5S2. The van der Waals surface area contributed by atoms with Gasteiger partial charge >= 0.3 is 0 Å². The third kappa shape index (κ3) is 4.66. The summed E-state index contributed by atoms with van der Waals surface area (Å²) in [5, 5.41) is 5.09. The van der Waals surface area contributed by atoms with E-state index in [2.05, 4.69) is 4.72 Å². The zero-order valence-corrected chi connectivity index (χ0v) is 12.9. The fraction of sp³-hybridized carbons (Fsp3) is 0.455. The van der Waals surface area contributed by atoms with Gasteiger partial charge in [-0.05, 0) is 31.5 Å². The number of nitrogens with one attached hydrogen (secondary N) is 1. The number of primary sulfonamides is 1. The summed E-state index contributed by atoms with van der Waals surface area (Å²) in [6.07, 6.45) is 0.453. The molecule has 1 aromatic carbocycles. The molecule has 1 rings (SSSR count). The molecule has 7 nitrogen and oxygen atoms in total. The first-order chi connectivity index (χ1) is 9.19. The van der Waals surface area contributed by atoms with E-state index in [1.54, 1.807) is 13.8 Å². The van der Waals surface area contributed by atoms with Crippen LogP contribution in [-0.2, 0) is 20.0 Å². The summed E-state index contributed by atoms with van der Waals surface area (Å²) in [5.74, 6) is 0.0405. The first kappa shape index (κ1) is 16.7. The van der Waals surface area contributed by atoms with Crippen molar-refractivity contribution in [1.82, 2.24) is 0 Å². The topological polar surface area (TPSA) is 116 Å². The molecule has 0 bridgehead atoms. The van der Waals surface area contributed by atoms with Crippen molar-refractivity contribution in [3.63, 3.8) is 0 Å². The Morgan fingerprint density at radius 1 is 1.20 bits per heavy atom. The summed E-state index contributed by atoms with van der Waals surface area (Å²) < 4.78 is 53.7. The van der Waals surface area contributed by atoms with E-state index in [1.807, 2.05) is 0 Å². The average Bonchev–Trinajstić information content (AvgIpc) is 2.29. The van der Waals surface area contributed by atoms with Crippen LogP contribution in [0.15, 0.2) is 23.1 Å². The lowest BCUT2D eigenvalue weighted by Crippen LogP contribution is -2.18. The SMILES string of the molecule is CCCS(=O)(=O)Nc1ccc(OCC)c(S(N)(=O)=O)c1. The van der Waals surface area contributed by atoms with E-state index in [-0.39, 0.29) is 28.7 Å². The Balaban J connectivity index is 3.20. The molecule has 0 aromatic heterocycles. The van der Waals surface area contributed by atoms with Gasteiger partial charge < -0.3 is 4.74 Å². The van der Waals surface area contributed by atoms with Gasteiger partial charge in [0.15, 0.2) is 0 Å². The van der Waals surface area contributed by atoms with Crippen LogP contribution >= 0.6 is 0 Å². The standard InChI is InChI=1S/C11H18N2O5S2/c1-3-7-19(14,15)13-9-5-6-10(18-4-2)11(8-9)20(12,16)17/h5-6,8,13H,3-4,7H2,1-2H3,(H2,12,16,17). The monoisotopic (exact) mass is 322 g/mol. The minimum atomic E-state index is -4.01. The fourth-order valence-electron chi connectivity index (χ4n) is 1.57. The first-order valence-corrected chi connectivity index (χ1v) is 9.19. The molecule has 0 aliphatic heterocycles. The molecule has 20 heavy (non-hydrogen) atoms. The van der Waals surface area contributed by atoms with Crippen molar-refractivity contribution in [2.75, 3.05) is 17.1 Å². The molecule has 0 aliphatic rings. The lowest BCUT2D eigenvalue weighted by molar-refractivity contribution is 0.331. The number of benzene rings is 1. The molecule has 114 valence electrons. The summed E-state index contributed by atoms with van der Waals surface area (Å²) in [7, 11) is -7.50. The highest BCUT2D eigenvalue weighted by atomic mass is 32.2. The molecule has 1 aromatic rings. The van der Waals surface area contributed by atoms with Gasteiger partial charge in [-0.3, -0.25) is 4.72 Å². The van der Waals surface area contributed by atoms with E-state index in [0.717, 1.165) is 6.07 Å². The Bertz CT molecular complexity index is 668. The minimum Gasteiger partial charge on any atom is -0.492 e. The van der Waals surface area contributed by atoms with Crippen molar-refractivity contribution < 1.29 is 21.6 Å². The molecule has 0 unspecified atom stereocenters. The van der Waals surface area contributed by atoms with Crippen molar-refractivity contribution in [2.45, 2.75) is 25.2 Å². The summed E-state index contributed by atoms with van der Waals surface area (Å²) in [4.78, 5) is -0.254. The zero-order chi connectivity index (χ0) is 15.4. The number of rotatable bonds is 7. The molecule has 0 radical (unpaired) electrons. The van der Waals surface area contributed by atoms with Gasteiger partial charge in [0.2, 0.25) is 20.0 Å². The van der Waals surface area contributed by atoms with Gasteiger partial charge in [0.25, 0.3) is 0 Å². The number of anilines is 1. The first-order valence-electron chi connectivity index (χ1n) is 5.99. The molecule has 0 aliphatic carbocycles. The Labute approximate surface area is 119 Å². The Morgan fingerprint density at radius 3 is 2.35 bits per heavy atom. The second kappa shape index (κ2) is 6.42. The molecule has 0 saturated heterocycles. The molecule has 0 heterocycles. The summed E-state index contributed by atoms with van der Waals surface area (Å²) in [6, 6.07) is 3.94. The van der Waals surface area contributed by atoms with Crippen LogP contribution < -0.4 is 14.6 Å². The van der Waals surface area contributed by atoms with Gasteiger partial charge in [0, 0.05) is 0 Å². The van der Waals surface area contributed by atoms with E-state index in [0.29, 0.717) is 6.42 Å². The van der Waals surface area contributed by atoms with E-state index >= 15 is 0 Å². The van der Waals surface area contributed by atoms with Gasteiger partial charge in [-0.2, -0.15) is 0 Å². The maximum Gasteiger partial charge on any atom is 0.241 e. The van der Waals surface area contributed by atoms with Crippen LogP contribution in [0, 0.1) is 0 Å². The lowest BCUT2D eigenvalue weighted by Gasteiger charge is -2.12. The second-order valence-electron chi connectivity index (χ2n) is 4.06. The second-order valence-corrected chi connectivity index (χ2v) is 7.43. The van der Waals surface area contributed by atoms with Crippen LogP contribution in [0.25, 0.3) is 0 Å². The molecule has 0 saturated carbocycles. The predicted molar refractivity (Wildman–Crippen MR) is 76.7 cm³/mol. The zero-order valence-electron chi connectivity index (χ0n) is 11.3. The molecule has 0 amide bonds. The molecule has 0 fully saturated rings. The molecular weight excluding hydrogens is 304 g/mol. The van der Waals surface area contributed by atoms with Gasteiger partial charge in [0.1, 0.15) is 10.6 Å². The van der Waals surface area contributed by atoms with Gasteiger partial charge in [-0.1, -0.05) is 6.92 Å². The lowest BCUT2D eigenvalue weighted by atomic mass is 10.3. The van der Waals surface area contributed by atoms with E-state index < -0.39 is 20.0 Å². The van der Waals surface area contributed by atoms with Gasteiger partial charge in [0.05, 0.1) is 18.0 Å². The third-order valence-corrected chi connectivity index (χ3v) is 4.72. The largest absolute Gasteiger partial charge is 0.492 e. The highest BCUT2D eigenvalue weighted by Gasteiger charge is 2.17. The van der Waals surface area contributed by atoms with Crippen LogP contribution in [0.4, 0.5) is 5.69 Å². The van der Waals surface area contributed by atoms with Crippen molar-refractivity contribution in [3.05, 3.63) is 18.2 Å². The van der Waals surface area contributed by atoms with Crippen LogP contribution in [0.1, 0.15) is 20.3 Å². The summed E-state index contributed by atoms with van der Waals surface area (Å²) in [5.41, 5.74) is 0.130. The minimum absolute atomic E-state index is 0.0507. The van der Waals surface area contributed by atoms with Crippen molar-refractivity contribution in [2.24, 2.45) is 5.14 Å². The van der Waals surface area contributed by atoms with Crippen LogP contribution in [0.2, 0.25) is 0 Å². The number of ether oxygens (including phenoxy) is 1. The van der Waals surface area contributed by atoms with Crippen LogP contribution in [0.5, 0.6) is 5.75 Å². The summed E-state index contributed by atoms with van der Waals surface area (Å²) in [6.45, 7) is 3.70. The normalized spacial score (nSPS) is 12.2. The Morgan fingerprint density at radius 2 is 1.85 bits per heavy atom. The Kier molecular flexibility index (Phi) is 5.37. The summed E-state index contributed by atoms with van der Waals surface area (Å²) >= 11 is 0. The fourth-order valence-corrected chi connectivity index (χ4v) is 3.39. The van der Waals surface area contributed by atoms with Gasteiger partial charge in [-0.15, -0.1) is 0 Å². The molecule has 0 atom stereocenters. The van der Waals surface area contributed by atoms with Crippen LogP contribution in [0.3, 0.4) is 0 Å². The van der Waals surface area contributed by atoms with E-state index in [4.69, 9.17) is 9.88 Å². The number of nitrogens with two attached hydrogens (primary N) is 1. The van der Waals surface area contributed by atoms with Crippen molar-refractivity contribution >= 4 is 25.7 Å². The molecule has 9 heteroatoms. The highest BCUT2D eigenvalue weighted by molar-refractivity contribution is 7.92. The van der Waals surface area contributed by atoms with Crippen molar-refractivity contribution in [1.29, 1.82) is 0 Å². The van der Waals surface area contributed by atoms with E-state index in [9.17, 15) is 16.8 Å². The number of sulfonamides is 2. The van der Waals surface area contributed by atoms with Crippen molar-refractivity contribution in [3.8, 4) is 5.75 Å². The smallest absolute Gasteiger partial charge is 0.241 e. The molecule has 0 spiro atoms. The molecule has 3 N–H and O–H groups in total. The maximum absolute atomic E-state index is 11.6. The van der Waals surface area contributed by atoms with Gasteiger partial charge in [-0.25, -0.2) is 22.0 Å². The Hall–Kier alpha value is -1.32. The number of hydrogen-bond donors (Lipinski definition) is 2.